The van der Waals surface area contributed by atoms with Gasteiger partial charge in [-0.1, -0.05) is 12.1 Å². The van der Waals surface area contributed by atoms with Crippen molar-refractivity contribution in [2.45, 2.75) is 13.0 Å². The van der Waals surface area contributed by atoms with Crippen molar-refractivity contribution in [3.63, 3.8) is 0 Å². The second kappa shape index (κ2) is 8.08. The summed E-state index contributed by atoms with van der Waals surface area (Å²) in [4.78, 5) is 2.19. The second-order valence-electron chi connectivity index (χ2n) is 4.34. The van der Waals surface area contributed by atoms with Crippen LogP contribution in [0.2, 0.25) is 0 Å². The molecule has 4 heteroatoms. The average molecular weight is 252 g/mol. The predicted octanol–water partition coefficient (Wildman–Crippen LogP) is 1.66. The van der Waals surface area contributed by atoms with Crippen LogP contribution in [-0.4, -0.2) is 45.4 Å². The molecule has 102 valence electrons. The minimum Gasteiger partial charge on any atom is -0.497 e. The van der Waals surface area contributed by atoms with Gasteiger partial charge in [0.1, 0.15) is 5.75 Å². The molecule has 0 aliphatic rings. The Bertz CT molecular complexity index is 327. The Morgan fingerprint density at radius 2 is 1.94 bits per heavy atom. The third kappa shape index (κ3) is 5.04. The molecular weight excluding hydrogens is 228 g/mol. The molecule has 4 nitrogen and oxygen atoms in total. The second-order valence-corrected chi connectivity index (χ2v) is 4.34. The molecule has 0 bridgehead atoms. The van der Waals surface area contributed by atoms with Gasteiger partial charge in [0.05, 0.1) is 13.7 Å². The van der Waals surface area contributed by atoms with Crippen LogP contribution in [0.3, 0.4) is 0 Å². The molecule has 0 fully saturated rings. The molecular formula is C14H24N2O2. The normalized spacial score (nSPS) is 12.7. The van der Waals surface area contributed by atoms with Gasteiger partial charge in [0.25, 0.3) is 0 Å². The van der Waals surface area contributed by atoms with Crippen molar-refractivity contribution in [1.29, 1.82) is 0 Å². The summed E-state index contributed by atoms with van der Waals surface area (Å²) >= 11 is 0. The molecule has 1 aromatic carbocycles. The van der Waals surface area contributed by atoms with Crippen molar-refractivity contribution in [3.05, 3.63) is 29.8 Å². The quantitative estimate of drug-likeness (QED) is 0.715. The summed E-state index contributed by atoms with van der Waals surface area (Å²) in [6.07, 6.45) is 0. The smallest absolute Gasteiger partial charge is 0.118 e. The number of likely N-dealkylation sites (N-methyl/N-ethyl adjacent to an activating group) is 1. The number of rotatable bonds is 8. The lowest BCUT2D eigenvalue weighted by Gasteiger charge is -2.21. The first kappa shape index (κ1) is 15.0. The molecule has 18 heavy (non-hydrogen) atoms. The fourth-order valence-corrected chi connectivity index (χ4v) is 1.75. The van der Waals surface area contributed by atoms with Crippen LogP contribution >= 0.6 is 0 Å². The van der Waals surface area contributed by atoms with E-state index in [1.54, 1.807) is 7.11 Å². The van der Waals surface area contributed by atoms with E-state index in [1.807, 2.05) is 31.2 Å². The number of ether oxygens (including phenoxy) is 2. The number of hydrogen-bond donors (Lipinski definition) is 1. The van der Waals surface area contributed by atoms with Crippen LogP contribution in [-0.2, 0) is 4.74 Å². The van der Waals surface area contributed by atoms with E-state index in [4.69, 9.17) is 15.2 Å². The molecule has 0 aliphatic heterocycles. The highest BCUT2D eigenvalue weighted by Crippen LogP contribution is 2.16. The summed E-state index contributed by atoms with van der Waals surface area (Å²) in [5.74, 6) is 0.857. The number of methoxy groups -OCH3 is 1. The molecule has 0 heterocycles. The van der Waals surface area contributed by atoms with Crippen molar-refractivity contribution in [3.8, 4) is 5.75 Å². The van der Waals surface area contributed by atoms with Gasteiger partial charge in [-0.25, -0.2) is 0 Å². The zero-order chi connectivity index (χ0) is 13.4. The SMILES string of the molecule is CCOCCN(C)CC(N)c1ccc(OC)cc1. The van der Waals surface area contributed by atoms with Crippen LogP contribution in [0.25, 0.3) is 0 Å². The summed E-state index contributed by atoms with van der Waals surface area (Å²) in [6, 6.07) is 7.92. The van der Waals surface area contributed by atoms with Gasteiger partial charge in [-0.2, -0.15) is 0 Å². The Morgan fingerprint density at radius 3 is 2.50 bits per heavy atom. The number of hydrogen-bond acceptors (Lipinski definition) is 4. The Hall–Kier alpha value is -1.10. The molecule has 1 unspecified atom stereocenters. The Balaban J connectivity index is 2.40. The van der Waals surface area contributed by atoms with Gasteiger partial charge < -0.3 is 20.1 Å². The highest BCUT2D eigenvalue weighted by atomic mass is 16.5. The fourth-order valence-electron chi connectivity index (χ4n) is 1.75. The third-order valence-corrected chi connectivity index (χ3v) is 2.87. The molecule has 2 N–H and O–H groups in total. The Kier molecular flexibility index (Phi) is 6.72. The van der Waals surface area contributed by atoms with Gasteiger partial charge >= 0.3 is 0 Å². The molecule has 0 spiro atoms. The molecule has 0 aliphatic carbocycles. The first-order valence-electron chi connectivity index (χ1n) is 6.33. The molecule has 0 radical (unpaired) electrons. The van der Waals surface area contributed by atoms with Gasteiger partial charge in [-0.15, -0.1) is 0 Å². The average Bonchev–Trinajstić information content (AvgIpc) is 2.39. The molecule has 1 aromatic rings. The molecule has 0 aromatic heterocycles. The predicted molar refractivity (Wildman–Crippen MR) is 73.9 cm³/mol. The van der Waals surface area contributed by atoms with Crippen molar-refractivity contribution in [2.75, 3.05) is 40.5 Å². The summed E-state index contributed by atoms with van der Waals surface area (Å²) in [5.41, 5.74) is 7.29. The summed E-state index contributed by atoms with van der Waals surface area (Å²) in [6.45, 7) is 5.24. The van der Waals surface area contributed by atoms with Gasteiger partial charge in [0, 0.05) is 25.7 Å². The minimum absolute atomic E-state index is 0.0162. The standard InChI is InChI=1S/C14H24N2O2/c1-4-18-10-9-16(2)11-14(15)12-5-7-13(17-3)8-6-12/h5-8,14H,4,9-11,15H2,1-3H3. The highest BCUT2D eigenvalue weighted by molar-refractivity contribution is 5.29. The van der Waals surface area contributed by atoms with E-state index in [0.29, 0.717) is 0 Å². The topological polar surface area (TPSA) is 47.7 Å². The zero-order valence-electron chi connectivity index (χ0n) is 11.6. The molecule has 0 saturated carbocycles. The van der Waals surface area contributed by atoms with Crippen molar-refractivity contribution in [1.82, 2.24) is 4.90 Å². The van der Waals surface area contributed by atoms with E-state index in [0.717, 1.165) is 37.6 Å². The van der Waals surface area contributed by atoms with Gasteiger partial charge in [0.2, 0.25) is 0 Å². The minimum atomic E-state index is 0.0162. The summed E-state index contributed by atoms with van der Waals surface area (Å²) in [7, 11) is 3.72. The first-order valence-corrected chi connectivity index (χ1v) is 6.33. The highest BCUT2D eigenvalue weighted by Gasteiger charge is 2.09. The Labute approximate surface area is 110 Å². The maximum atomic E-state index is 6.17. The van der Waals surface area contributed by atoms with E-state index < -0.39 is 0 Å². The van der Waals surface area contributed by atoms with E-state index in [9.17, 15) is 0 Å². The van der Waals surface area contributed by atoms with E-state index in [1.165, 1.54) is 0 Å². The van der Waals surface area contributed by atoms with Gasteiger partial charge in [0.15, 0.2) is 0 Å². The molecule has 0 saturated heterocycles. The zero-order valence-corrected chi connectivity index (χ0v) is 11.6. The van der Waals surface area contributed by atoms with Crippen molar-refractivity contribution in [2.24, 2.45) is 5.73 Å². The molecule has 1 rings (SSSR count). The van der Waals surface area contributed by atoms with E-state index in [2.05, 4.69) is 11.9 Å². The van der Waals surface area contributed by atoms with Crippen LogP contribution in [0, 0.1) is 0 Å². The first-order chi connectivity index (χ1) is 8.67. The molecule has 0 amide bonds. The van der Waals surface area contributed by atoms with Gasteiger partial charge in [-0.3, -0.25) is 0 Å². The maximum absolute atomic E-state index is 6.17. The van der Waals surface area contributed by atoms with Crippen LogP contribution in [0.4, 0.5) is 0 Å². The van der Waals surface area contributed by atoms with Crippen LogP contribution < -0.4 is 10.5 Å². The van der Waals surface area contributed by atoms with Crippen molar-refractivity contribution < 1.29 is 9.47 Å². The number of benzene rings is 1. The summed E-state index contributed by atoms with van der Waals surface area (Å²) in [5, 5.41) is 0. The van der Waals surface area contributed by atoms with Gasteiger partial charge in [-0.05, 0) is 31.7 Å². The lowest BCUT2D eigenvalue weighted by atomic mass is 10.1. The Morgan fingerprint density at radius 1 is 1.28 bits per heavy atom. The van der Waals surface area contributed by atoms with Crippen LogP contribution in [0.5, 0.6) is 5.75 Å². The lowest BCUT2D eigenvalue weighted by molar-refractivity contribution is 0.120. The fraction of sp³-hybridized carbons (Fsp3) is 0.571. The molecule has 1 atom stereocenters. The van der Waals surface area contributed by atoms with Crippen LogP contribution in [0.1, 0.15) is 18.5 Å². The number of nitrogens with two attached hydrogens (primary N) is 1. The lowest BCUT2D eigenvalue weighted by Crippen LogP contribution is -2.31. The van der Waals surface area contributed by atoms with Crippen molar-refractivity contribution >= 4 is 0 Å². The van der Waals surface area contributed by atoms with E-state index >= 15 is 0 Å². The summed E-state index contributed by atoms with van der Waals surface area (Å²) < 4.78 is 10.5. The monoisotopic (exact) mass is 252 g/mol. The number of nitrogens with zero attached hydrogens (tertiary/aromatic N) is 1. The van der Waals surface area contributed by atoms with Crippen LogP contribution in [0.15, 0.2) is 24.3 Å². The van der Waals surface area contributed by atoms with E-state index in [-0.39, 0.29) is 6.04 Å². The third-order valence-electron chi connectivity index (χ3n) is 2.87. The largest absolute Gasteiger partial charge is 0.497 e. The maximum Gasteiger partial charge on any atom is 0.118 e.